The van der Waals surface area contributed by atoms with Crippen molar-refractivity contribution in [3.05, 3.63) is 72.8 Å². The summed E-state index contributed by atoms with van der Waals surface area (Å²) >= 11 is 0. The number of benzene rings is 2. The fourth-order valence-electron chi connectivity index (χ4n) is 2.64. The minimum absolute atomic E-state index is 0.0489. The first-order valence-electron chi connectivity index (χ1n) is 9.52. The molecule has 0 aliphatic rings. The van der Waals surface area contributed by atoms with Crippen LogP contribution < -0.4 is 21.7 Å². The molecule has 8 nitrogen and oxygen atoms in total. The normalized spacial score (nSPS) is 11.0. The first-order valence-corrected chi connectivity index (χ1v) is 9.52. The molecule has 9 heteroatoms. The fraction of sp³-hybridized carbons (Fsp3) is 0.136. The Balaban J connectivity index is 1.65. The molecule has 0 saturated carbocycles. The van der Waals surface area contributed by atoms with Crippen molar-refractivity contribution in [2.45, 2.75) is 0 Å². The van der Waals surface area contributed by atoms with Gasteiger partial charge in [0.25, 0.3) is 0 Å². The van der Waals surface area contributed by atoms with Crippen LogP contribution in [0.4, 0.5) is 38.8 Å². The second kappa shape index (κ2) is 10.2. The molecule has 5 N–H and O–H groups in total. The first-order chi connectivity index (χ1) is 14.9. The summed E-state index contributed by atoms with van der Waals surface area (Å²) in [4.78, 5) is 22.4. The number of amides is 1. The van der Waals surface area contributed by atoms with Gasteiger partial charge in [0.15, 0.2) is 0 Å². The lowest BCUT2D eigenvalue weighted by Gasteiger charge is -2.10. The summed E-state index contributed by atoms with van der Waals surface area (Å²) in [6, 6.07) is 13.3. The predicted molar refractivity (Wildman–Crippen MR) is 122 cm³/mol. The second-order valence-corrected chi connectivity index (χ2v) is 7.01. The average molecular weight is 421 g/mol. The zero-order chi connectivity index (χ0) is 22.2. The Morgan fingerprint density at radius 2 is 1.71 bits per heavy atom. The number of rotatable bonds is 8. The van der Waals surface area contributed by atoms with E-state index in [9.17, 15) is 9.18 Å². The van der Waals surface area contributed by atoms with Crippen LogP contribution >= 0.6 is 0 Å². The number of anilines is 6. The summed E-state index contributed by atoms with van der Waals surface area (Å²) in [6.07, 6.45) is 4.70. The zero-order valence-electron chi connectivity index (χ0n) is 17.3. The van der Waals surface area contributed by atoms with Gasteiger partial charge >= 0.3 is 0 Å². The molecule has 2 aromatic carbocycles. The van der Waals surface area contributed by atoms with Crippen LogP contribution in [0, 0.1) is 5.82 Å². The molecule has 0 radical (unpaired) electrons. The molecule has 3 rings (SSSR count). The number of carbonyl (C=O) groups is 1. The number of nitrogens with one attached hydrogen (secondary N) is 3. The Morgan fingerprint density at radius 3 is 2.39 bits per heavy atom. The van der Waals surface area contributed by atoms with Gasteiger partial charge in [0, 0.05) is 35.7 Å². The molecule has 0 saturated heterocycles. The number of nitrogens with two attached hydrogens (primary N) is 1. The van der Waals surface area contributed by atoms with Gasteiger partial charge in [-0.15, -0.1) is 0 Å². The molecule has 1 aromatic heterocycles. The van der Waals surface area contributed by atoms with E-state index in [0.29, 0.717) is 29.6 Å². The highest BCUT2D eigenvalue weighted by Gasteiger charge is 2.05. The summed E-state index contributed by atoms with van der Waals surface area (Å²) < 4.78 is 13.3. The van der Waals surface area contributed by atoms with Gasteiger partial charge in [0.2, 0.25) is 5.91 Å². The van der Waals surface area contributed by atoms with E-state index in [1.807, 2.05) is 31.1 Å². The SMILES string of the molecule is CN(C)C/C=C/C(=O)Nc1cccc(Nc2cc(Nc3ccc(F)c(N)c3)ncn2)c1. The van der Waals surface area contributed by atoms with Crippen LogP contribution in [0.2, 0.25) is 0 Å². The van der Waals surface area contributed by atoms with Gasteiger partial charge in [-0.2, -0.15) is 0 Å². The van der Waals surface area contributed by atoms with Gasteiger partial charge in [-0.1, -0.05) is 12.1 Å². The van der Waals surface area contributed by atoms with E-state index in [-0.39, 0.29) is 11.6 Å². The molecule has 0 aliphatic heterocycles. The van der Waals surface area contributed by atoms with Crippen molar-refractivity contribution in [1.29, 1.82) is 0 Å². The maximum Gasteiger partial charge on any atom is 0.248 e. The Kier molecular flexibility index (Phi) is 7.13. The third-order valence-corrected chi connectivity index (χ3v) is 4.08. The molecule has 0 unspecified atom stereocenters. The maximum atomic E-state index is 13.3. The number of nitrogen functional groups attached to an aromatic ring is 1. The molecule has 0 atom stereocenters. The molecule has 1 amide bonds. The summed E-state index contributed by atoms with van der Waals surface area (Å²) in [5, 5.41) is 9.05. The van der Waals surface area contributed by atoms with E-state index in [1.54, 1.807) is 30.3 Å². The molecule has 3 aromatic rings. The first kappa shape index (κ1) is 21.7. The van der Waals surface area contributed by atoms with Crippen LogP contribution in [0.1, 0.15) is 0 Å². The largest absolute Gasteiger partial charge is 0.396 e. The van der Waals surface area contributed by atoms with Crippen LogP contribution in [-0.4, -0.2) is 41.4 Å². The van der Waals surface area contributed by atoms with Gasteiger partial charge in [0.1, 0.15) is 23.8 Å². The van der Waals surface area contributed by atoms with Crippen molar-refractivity contribution in [2.24, 2.45) is 0 Å². The van der Waals surface area contributed by atoms with Crippen molar-refractivity contribution in [1.82, 2.24) is 14.9 Å². The third kappa shape index (κ3) is 6.79. The number of aromatic nitrogens is 2. The highest BCUT2D eigenvalue weighted by Crippen LogP contribution is 2.23. The van der Waals surface area contributed by atoms with E-state index < -0.39 is 5.82 Å². The lowest BCUT2D eigenvalue weighted by molar-refractivity contribution is -0.111. The molecule has 0 fully saturated rings. The number of likely N-dealkylation sites (N-methyl/N-ethyl adjacent to an activating group) is 1. The van der Waals surface area contributed by atoms with Crippen LogP contribution in [0.15, 0.2) is 67.0 Å². The standard InChI is InChI=1S/C22H24FN7O/c1-30(2)10-4-7-22(31)29-16-6-3-5-15(11-16)27-20-13-21(26-14-25-20)28-17-8-9-18(23)19(24)12-17/h3-9,11-14H,10,24H2,1-2H3,(H,29,31)(H2,25,26,27,28)/b7-4+. The molecule has 0 spiro atoms. The highest BCUT2D eigenvalue weighted by molar-refractivity contribution is 5.99. The second-order valence-electron chi connectivity index (χ2n) is 7.01. The maximum absolute atomic E-state index is 13.3. The van der Waals surface area contributed by atoms with Gasteiger partial charge in [0.05, 0.1) is 5.69 Å². The predicted octanol–water partition coefficient (Wildman–Crippen LogP) is 3.74. The minimum atomic E-state index is -0.476. The zero-order valence-corrected chi connectivity index (χ0v) is 17.3. The molecular weight excluding hydrogens is 397 g/mol. The number of nitrogens with zero attached hydrogens (tertiary/aromatic N) is 3. The molecule has 1 heterocycles. The van der Waals surface area contributed by atoms with Crippen molar-refractivity contribution in [2.75, 3.05) is 42.3 Å². The van der Waals surface area contributed by atoms with Crippen molar-refractivity contribution in [3.63, 3.8) is 0 Å². The van der Waals surface area contributed by atoms with Crippen molar-refractivity contribution >= 4 is 40.3 Å². The van der Waals surface area contributed by atoms with Crippen LogP contribution in [-0.2, 0) is 4.79 Å². The topological polar surface area (TPSA) is 108 Å². The fourth-order valence-corrected chi connectivity index (χ4v) is 2.64. The third-order valence-electron chi connectivity index (χ3n) is 4.08. The minimum Gasteiger partial charge on any atom is -0.396 e. The number of carbonyl (C=O) groups excluding carboxylic acids is 1. The van der Waals surface area contributed by atoms with Gasteiger partial charge < -0.3 is 26.6 Å². The van der Waals surface area contributed by atoms with E-state index in [0.717, 1.165) is 5.69 Å². The molecule has 0 aliphatic carbocycles. The number of hydrogen-bond acceptors (Lipinski definition) is 7. The Morgan fingerprint density at radius 1 is 1.03 bits per heavy atom. The van der Waals surface area contributed by atoms with E-state index in [1.165, 1.54) is 24.5 Å². The molecular formula is C22H24FN7O. The van der Waals surface area contributed by atoms with Gasteiger partial charge in [-0.3, -0.25) is 4.79 Å². The summed E-state index contributed by atoms with van der Waals surface area (Å²) in [6.45, 7) is 0.684. The average Bonchev–Trinajstić information content (AvgIpc) is 2.71. The van der Waals surface area contributed by atoms with E-state index >= 15 is 0 Å². The van der Waals surface area contributed by atoms with Crippen molar-refractivity contribution in [3.8, 4) is 0 Å². The van der Waals surface area contributed by atoms with E-state index in [2.05, 4.69) is 25.9 Å². The Bertz CT molecular complexity index is 1080. The Hall–Kier alpha value is -3.98. The van der Waals surface area contributed by atoms with Gasteiger partial charge in [-0.05, 0) is 50.5 Å². The Labute approximate surface area is 180 Å². The van der Waals surface area contributed by atoms with Crippen molar-refractivity contribution < 1.29 is 9.18 Å². The summed E-state index contributed by atoms with van der Waals surface area (Å²) in [5.41, 5.74) is 7.65. The number of hydrogen-bond donors (Lipinski definition) is 4. The lowest BCUT2D eigenvalue weighted by atomic mass is 10.2. The monoisotopic (exact) mass is 421 g/mol. The van der Waals surface area contributed by atoms with Crippen LogP contribution in [0.5, 0.6) is 0 Å². The smallest absolute Gasteiger partial charge is 0.248 e. The van der Waals surface area contributed by atoms with E-state index in [4.69, 9.17) is 5.73 Å². The number of halogens is 1. The van der Waals surface area contributed by atoms with Crippen LogP contribution in [0.25, 0.3) is 0 Å². The quantitative estimate of drug-likeness (QED) is 0.324. The van der Waals surface area contributed by atoms with Crippen LogP contribution in [0.3, 0.4) is 0 Å². The summed E-state index contributed by atoms with van der Waals surface area (Å²) in [5.74, 6) is 0.378. The highest BCUT2D eigenvalue weighted by atomic mass is 19.1. The lowest BCUT2D eigenvalue weighted by Crippen LogP contribution is -2.12. The molecule has 0 bridgehead atoms. The van der Waals surface area contributed by atoms with Gasteiger partial charge in [-0.25, -0.2) is 14.4 Å². The molecule has 31 heavy (non-hydrogen) atoms. The molecule has 160 valence electrons. The summed E-state index contributed by atoms with van der Waals surface area (Å²) in [7, 11) is 3.86.